The molecule has 3 N–H and O–H groups in total. The molecule has 42 heavy (non-hydrogen) atoms. The van der Waals surface area contributed by atoms with Crippen molar-refractivity contribution in [2.45, 2.75) is 149 Å². The van der Waals surface area contributed by atoms with E-state index in [1.165, 1.54) is 19.3 Å². The average Bonchev–Trinajstić information content (AvgIpc) is 3.17. The zero-order chi connectivity index (χ0) is 30.3. The first-order chi connectivity index (χ1) is 19.5. The third-order valence-electron chi connectivity index (χ3n) is 15.7. The Morgan fingerprint density at radius 2 is 1.48 bits per heavy atom. The molecule has 7 fully saturated rings. The molecule has 0 aromatic rings. The summed E-state index contributed by atoms with van der Waals surface area (Å²) in [5, 5.41) is 30.8. The van der Waals surface area contributed by atoms with E-state index in [4.69, 9.17) is 14.2 Å². The van der Waals surface area contributed by atoms with E-state index in [1.807, 2.05) is 0 Å². The summed E-state index contributed by atoms with van der Waals surface area (Å²) in [6, 6.07) is 0. The second-order valence-electron chi connectivity index (χ2n) is 17.9. The third-order valence-corrected chi connectivity index (χ3v) is 15.7. The maximum atomic E-state index is 13.5. The number of hydrogen-bond acceptors (Lipinski definition) is 7. The van der Waals surface area contributed by atoms with Gasteiger partial charge in [0.1, 0.15) is 24.4 Å². The summed E-state index contributed by atoms with van der Waals surface area (Å²) in [4.78, 5) is 13.5. The van der Waals surface area contributed by atoms with Gasteiger partial charge in [0, 0.05) is 11.3 Å². The van der Waals surface area contributed by atoms with Gasteiger partial charge in [-0.05, 0) is 104 Å². The second kappa shape index (κ2) is 9.18. The predicted octanol–water partition coefficient (Wildman–Crippen LogP) is 5.23. The van der Waals surface area contributed by atoms with E-state index in [-0.39, 0.29) is 57.3 Å². The molecule has 0 radical (unpaired) electrons. The molecule has 5 saturated carbocycles. The van der Waals surface area contributed by atoms with Gasteiger partial charge < -0.3 is 29.5 Å². The van der Waals surface area contributed by atoms with Gasteiger partial charge in [0.2, 0.25) is 0 Å². The van der Waals surface area contributed by atoms with Gasteiger partial charge in [-0.15, -0.1) is 0 Å². The molecule has 0 unspecified atom stereocenters. The number of aliphatic hydroxyl groups is 3. The highest BCUT2D eigenvalue weighted by Crippen LogP contribution is 2.78. The molecule has 2 heterocycles. The monoisotopic (exact) mass is 588 g/mol. The number of carbonyl (C=O) groups is 1. The molecule has 2 aliphatic heterocycles. The first kappa shape index (κ1) is 30.0. The summed E-state index contributed by atoms with van der Waals surface area (Å²) in [6.07, 6.45) is 6.35. The number of carbonyl (C=O) groups excluding carboxylic acids is 1. The molecule has 7 heteroatoms. The maximum absolute atomic E-state index is 13.5. The molecule has 14 atom stereocenters. The second-order valence-corrected chi connectivity index (χ2v) is 17.9. The van der Waals surface area contributed by atoms with Crippen LogP contribution in [0.1, 0.15) is 113 Å². The van der Waals surface area contributed by atoms with Crippen LogP contribution in [0, 0.1) is 56.2 Å². The topological polar surface area (TPSA) is 105 Å². The summed E-state index contributed by atoms with van der Waals surface area (Å²) in [6.45, 7) is 17.1. The van der Waals surface area contributed by atoms with Crippen LogP contribution in [0.5, 0.6) is 0 Å². The molecule has 7 rings (SSSR count). The molecule has 7 aliphatic rings. The molecule has 0 aromatic heterocycles. The molecule has 0 spiro atoms. The summed E-state index contributed by atoms with van der Waals surface area (Å²) in [7, 11) is 0. The summed E-state index contributed by atoms with van der Waals surface area (Å²) in [5.41, 5.74) is 0.247. The molecular weight excluding hydrogens is 532 g/mol. The fourth-order valence-electron chi connectivity index (χ4n) is 13.1. The van der Waals surface area contributed by atoms with Crippen LogP contribution in [0.3, 0.4) is 0 Å². The van der Waals surface area contributed by atoms with E-state index < -0.39 is 24.6 Å². The van der Waals surface area contributed by atoms with Crippen LogP contribution in [0.15, 0.2) is 0 Å². The van der Waals surface area contributed by atoms with Crippen molar-refractivity contribution in [3.63, 3.8) is 0 Å². The van der Waals surface area contributed by atoms with Crippen molar-refractivity contribution in [1.29, 1.82) is 0 Å². The zero-order valence-electron chi connectivity index (χ0n) is 27.0. The number of ether oxygens (including phenoxy) is 3. The normalized spacial score (nSPS) is 57.7. The molecule has 2 bridgehead atoms. The first-order valence-electron chi connectivity index (χ1n) is 17.1. The predicted molar refractivity (Wildman–Crippen MR) is 157 cm³/mol. The van der Waals surface area contributed by atoms with Crippen LogP contribution in [0.25, 0.3) is 0 Å². The number of esters is 1. The van der Waals surface area contributed by atoms with Gasteiger partial charge in [0.25, 0.3) is 0 Å². The van der Waals surface area contributed by atoms with Crippen molar-refractivity contribution in [3.8, 4) is 0 Å². The highest BCUT2D eigenvalue weighted by atomic mass is 16.7. The van der Waals surface area contributed by atoms with E-state index in [1.54, 1.807) is 0 Å². The summed E-state index contributed by atoms with van der Waals surface area (Å²) < 4.78 is 18.5. The van der Waals surface area contributed by atoms with Crippen molar-refractivity contribution in [2.75, 3.05) is 6.61 Å². The van der Waals surface area contributed by atoms with Gasteiger partial charge in [0.15, 0.2) is 6.29 Å². The van der Waals surface area contributed by atoms with Gasteiger partial charge in [-0.2, -0.15) is 0 Å². The lowest BCUT2D eigenvalue weighted by Gasteiger charge is -2.73. The van der Waals surface area contributed by atoms with Crippen LogP contribution < -0.4 is 0 Å². The molecule has 7 nitrogen and oxygen atoms in total. The van der Waals surface area contributed by atoms with Gasteiger partial charge in [-0.1, -0.05) is 48.5 Å². The Labute approximate surface area is 252 Å². The van der Waals surface area contributed by atoms with E-state index >= 15 is 0 Å². The number of fused-ring (bicyclic) bond motifs is 5. The quantitative estimate of drug-likeness (QED) is 0.300. The van der Waals surface area contributed by atoms with E-state index in [9.17, 15) is 20.1 Å². The van der Waals surface area contributed by atoms with Crippen molar-refractivity contribution < 1.29 is 34.3 Å². The average molecular weight is 589 g/mol. The largest absolute Gasteiger partial charge is 0.461 e. The number of aliphatic hydroxyl groups excluding tert-OH is 3. The van der Waals surface area contributed by atoms with Crippen LogP contribution in [-0.2, 0) is 19.0 Å². The Morgan fingerprint density at radius 3 is 2.21 bits per heavy atom. The molecule has 238 valence electrons. The van der Waals surface area contributed by atoms with Crippen LogP contribution in [-0.4, -0.2) is 64.7 Å². The SMILES string of the molecule is CC1(C)CC[C@]23CC[C@]4(C)[C@H](CC[C@@H]5[C@@]6(C)CC[C@H](O[C@@H]7OC[C@@H](O)[C@H](O)[C@H]7O)C(C)(C)[C@@H]6CC[C@]54C)[C@H]2[C@@H]1OC3=O. The van der Waals surface area contributed by atoms with E-state index in [0.29, 0.717) is 23.7 Å². The Bertz CT molecular complexity index is 1120. The lowest BCUT2D eigenvalue weighted by atomic mass is 9.31. The fourth-order valence-corrected chi connectivity index (χ4v) is 13.1. The minimum Gasteiger partial charge on any atom is -0.461 e. The molecule has 0 amide bonds. The Kier molecular flexibility index (Phi) is 6.54. The Hall–Kier alpha value is -0.730. The van der Waals surface area contributed by atoms with Crippen molar-refractivity contribution in [2.24, 2.45) is 56.2 Å². The first-order valence-corrected chi connectivity index (χ1v) is 17.1. The summed E-state index contributed by atoms with van der Waals surface area (Å²) in [5.74, 6) is 2.08. The standard InChI is InChI=1S/C35H56O7/c1-30(2)14-16-35-17-15-33(6)19(24(35)27(30)42-29(35)39)8-9-22-32(5)12-11-23(31(3,4)21(32)10-13-34(22,33)7)41-28-26(38)25(37)20(36)18-40-28/h19-28,36-38H,8-18H2,1-7H3/t19-,20-,21+,22-,23+,24+,25+,26-,27+,28+,32+,33-,34-,35+/m1/s1. The minimum absolute atomic E-state index is 0.0334. The van der Waals surface area contributed by atoms with Gasteiger partial charge >= 0.3 is 5.97 Å². The lowest BCUT2D eigenvalue weighted by molar-refractivity contribution is -0.312. The number of hydrogen-bond donors (Lipinski definition) is 3. The van der Waals surface area contributed by atoms with E-state index in [2.05, 4.69) is 48.5 Å². The van der Waals surface area contributed by atoms with Gasteiger partial charge in [-0.25, -0.2) is 0 Å². The Balaban J connectivity index is 1.16. The van der Waals surface area contributed by atoms with Gasteiger partial charge in [0.05, 0.1) is 18.1 Å². The minimum atomic E-state index is -1.26. The van der Waals surface area contributed by atoms with Crippen molar-refractivity contribution in [1.82, 2.24) is 0 Å². The summed E-state index contributed by atoms with van der Waals surface area (Å²) >= 11 is 0. The van der Waals surface area contributed by atoms with Crippen molar-refractivity contribution in [3.05, 3.63) is 0 Å². The van der Waals surface area contributed by atoms with Crippen LogP contribution >= 0.6 is 0 Å². The molecule has 0 aromatic carbocycles. The number of rotatable bonds is 2. The maximum Gasteiger partial charge on any atom is 0.312 e. The smallest absolute Gasteiger partial charge is 0.312 e. The van der Waals surface area contributed by atoms with Crippen molar-refractivity contribution >= 4 is 5.97 Å². The highest BCUT2D eigenvalue weighted by molar-refractivity contribution is 5.81. The molecule has 2 saturated heterocycles. The Morgan fingerprint density at radius 1 is 0.762 bits per heavy atom. The lowest BCUT2D eigenvalue weighted by Crippen LogP contribution is -2.68. The van der Waals surface area contributed by atoms with E-state index in [0.717, 1.165) is 44.9 Å². The van der Waals surface area contributed by atoms with Gasteiger partial charge in [-0.3, -0.25) is 4.79 Å². The van der Waals surface area contributed by atoms with Crippen LogP contribution in [0.4, 0.5) is 0 Å². The third kappa shape index (κ3) is 3.61. The fraction of sp³-hybridized carbons (Fsp3) is 0.971. The zero-order valence-corrected chi connectivity index (χ0v) is 27.0. The highest BCUT2D eigenvalue weighted by Gasteiger charge is 2.75. The van der Waals surface area contributed by atoms with Crippen LogP contribution in [0.2, 0.25) is 0 Å². The molecular formula is C35H56O7. The molecule has 5 aliphatic carbocycles.